The van der Waals surface area contributed by atoms with Crippen molar-refractivity contribution in [2.75, 3.05) is 0 Å². The zero-order valence-electron chi connectivity index (χ0n) is 10.4. The highest BCUT2D eigenvalue weighted by Gasteiger charge is 2.33. The number of ketones is 1. The molecule has 1 unspecified atom stereocenters. The van der Waals surface area contributed by atoms with Gasteiger partial charge in [0.2, 0.25) is 0 Å². The lowest BCUT2D eigenvalue weighted by atomic mass is 10.1. The van der Waals surface area contributed by atoms with Gasteiger partial charge >= 0.3 is 0 Å². The normalized spacial score (nSPS) is 13.2. The van der Waals surface area contributed by atoms with E-state index >= 15 is 0 Å². The van der Waals surface area contributed by atoms with Crippen LogP contribution in [-0.2, 0) is 4.79 Å². The summed E-state index contributed by atoms with van der Waals surface area (Å²) in [4.78, 5) is 25.8. The van der Waals surface area contributed by atoms with Crippen LogP contribution in [0.25, 0.3) is 0 Å². The van der Waals surface area contributed by atoms with Crippen LogP contribution in [0.2, 0.25) is 19.6 Å². The summed E-state index contributed by atoms with van der Waals surface area (Å²) in [6, 6.07) is 1.46. The number of rotatable bonds is 4. The molecule has 0 aliphatic heterocycles. The molecule has 6 heteroatoms. The second kappa shape index (κ2) is 4.75. The molecule has 1 atom stereocenters. The Bertz CT molecular complexity index is 454. The molecule has 1 aromatic heterocycles. The molecule has 0 spiro atoms. The van der Waals surface area contributed by atoms with E-state index in [-0.39, 0.29) is 17.0 Å². The van der Waals surface area contributed by atoms with E-state index < -0.39 is 13.0 Å². The highest BCUT2D eigenvalue weighted by molar-refractivity contribution is 6.80. The minimum absolute atomic E-state index is 0.0477. The van der Waals surface area contributed by atoms with Gasteiger partial charge in [0.05, 0.1) is 13.0 Å². The largest absolute Gasteiger partial charge is 0.300 e. The molecule has 0 aliphatic carbocycles. The number of aromatic nitrogens is 1. The molecule has 0 N–H and O–H groups in total. The number of carbonyl (C=O) groups excluding carboxylic acids is 1. The van der Waals surface area contributed by atoms with E-state index in [4.69, 9.17) is 0 Å². The van der Waals surface area contributed by atoms with E-state index in [1.807, 2.05) is 0 Å². The molecular weight excluding hydrogens is 236 g/mol. The summed E-state index contributed by atoms with van der Waals surface area (Å²) in [5.74, 6) is 0.0477. The van der Waals surface area contributed by atoms with Gasteiger partial charge in [-0.3, -0.25) is 19.9 Å². The fourth-order valence-corrected chi connectivity index (χ4v) is 4.42. The predicted molar refractivity (Wildman–Crippen MR) is 67.7 cm³/mol. The quantitative estimate of drug-likeness (QED) is 0.469. The van der Waals surface area contributed by atoms with E-state index in [1.165, 1.54) is 19.2 Å². The summed E-state index contributed by atoms with van der Waals surface area (Å²) in [6.45, 7) is 7.73. The van der Waals surface area contributed by atoms with Crippen molar-refractivity contribution < 1.29 is 9.72 Å². The van der Waals surface area contributed by atoms with Crippen molar-refractivity contribution in [1.82, 2.24) is 4.98 Å². The lowest BCUT2D eigenvalue weighted by Gasteiger charge is -2.26. The maximum atomic E-state index is 11.7. The zero-order valence-corrected chi connectivity index (χ0v) is 11.4. The van der Waals surface area contributed by atoms with Gasteiger partial charge in [0.1, 0.15) is 12.0 Å². The van der Waals surface area contributed by atoms with Gasteiger partial charge < -0.3 is 0 Å². The molecule has 0 saturated carbocycles. The van der Waals surface area contributed by atoms with Crippen molar-refractivity contribution >= 4 is 19.5 Å². The maximum Gasteiger partial charge on any atom is 0.287 e. The first-order valence-corrected chi connectivity index (χ1v) is 8.91. The van der Waals surface area contributed by atoms with Gasteiger partial charge in [0, 0.05) is 17.8 Å². The Morgan fingerprint density at radius 2 is 2.00 bits per heavy atom. The third-order valence-corrected chi connectivity index (χ3v) is 5.03. The summed E-state index contributed by atoms with van der Waals surface area (Å²) in [7, 11) is -1.76. The van der Waals surface area contributed by atoms with E-state index in [2.05, 4.69) is 24.6 Å². The maximum absolute atomic E-state index is 11.7. The summed E-state index contributed by atoms with van der Waals surface area (Å²) in [5, 5.41) is 10.7. The summed E-state index contributed by atoms with van der Waals surface area (Å²) < 4.78 is 0. The van der Waals surface area contributed by atoms with Crippen molar-refractivity contribution in [3.05, 3.63) is 34.1 Å². The van der Waals surface area contributed by atoms with E-state index in [0.29, 0.717) is 5.56 Å². The topological polar surface area (TPSA) is 73.1 Å². The Morgan fingerprint density at radius 1 is 1.41 bits per heavy atom. The summed E-state index contributed by atoms with van der Waals surface area (Å²) in [6.07, 6.45) is 2.75. The smallest absolute Gasteiger partial charge is 0.287 e. The molecule has 1 heterocycles. The van der Waals surface area contributed by atoms with Crippen LogP contribution in [0.4, 0.5) is 5.69 Å². The predicted octanol–water partition coefficient (Wildman–Crippen LogP) is 2.54. The van der Waals surface area contributed by atoms with Crippen LogP contribution in [-0.4, -0.2) is 23.8 Å². The molecule has 5 nitrogen and oxygen atoms in total. The molecule has 0 aliphatic rings. The molecule has 0 saturated heterocycles. The van der Waals surface area contributed by atoms with Crippen LogP contribution in [0.3, 0.4) is 0 Å². The van der Waals surface area contributed by atoms with Crippen LogP contribution in [0.1, 0.15) is 18.0 Å². The van der Waals surface area contributed by atoms with Crippen molar-refractivity contribution in [3.8, 4) is 0 Å². The molecule has 0 bridgehead atoms. The summed E-state index contributed by atoms with van der Waals surface area (Å²) >= 11 is 0. The van der Waals surface area contributed by atoms with Gasteiger partial charge in [-0.2, -0.15) is 0 Å². The van der Waals surface area contributed by atoms with Gasteiger partial charge in [-0.15, -0.1) is 0 Å². The monoisotopic (exact) mass is 252 g/mol. The second-order valence-corrected chi connectivity index (χ2v) is 10.5. The SMILES string of the molecule is CC(=O)C(c1cncc([N+](=O)[O-])c1)[Si](C)(C)C. The fraction of sp³-hybridized carbons (Fsp3) is 0.455. The number of hydrogen-bond acceptors (Lipinski definition) is 4. The minimum atomic E-state index is -1.76. The molecule has 92 valence electrons. The molecule has 0 radical (unpaired) electrons. The van der Waals surface area contributed by atoms with Crippen LogP contribution in [0.5, 0.6) is 0 Å². The van der Waals surface area contributed by atoms with Gasteiger partial charge in [0.25, 0.3) is 5.69 Å². The highest BCUT2D eigenvalue weighted by atomic mass is 28.3. The first-order valence-electron chi connectivity index (χ1n) is 5.33. The lowest BCUT2D eigenvalue weighted by Crippen LogP contribution is -2.35. The van der Waals surface area contributed by atoms with Crippen molar-refractivity contribution in [2.45, 2.75) is 32.1 Å². The van der Waals surface area contributed by atoms with Crippen molar-refractivity contribution in [3.63, 3.8) is 0 Å². The molecule has 0 amide bonds. The number of carbonyl (C=O) groups is 1. The fourth-order valence-electron chi connectivity index (χ4n) is 2.05. The molecule has 0 aromatic carbocycles. The summed E-state index contributed by atoms with van der Waals surface area (Å²) in [5.41, 5.74) is 0.354. The Morgan fingerprint density at radius 3 is 2.41 bits per heavy atom. The molecule has 17 heavy (non-hydrogen) atoms. The standard InChI is InChI=1S/C11H16N2O3Si/c1-8(14)11(17(2,3)4)9-5-10(13(15)16)7-12-6-9/h5-7,11H,1-4H3. The third kappa shape index (κ3) is 3.20. The van der Waals surface area contributed by atoms with E-state index in [0.717, 1.165) is 0 Å². The number of hydrogen-bond donors (Lipinski definition) is 0. The van der Waals surface area contributed by atoms with Crippen LogP contribution in [0.15, 0.2) is 18.5 Å². The first-order chi connectivity index (χ1) is 7.73. The lowest BCUT2D eigenvalue weighted by molar-refractivity contribution is -0.385. The molecular formula is C11H16N2O3Si. The van der Waals surface area contributed by atoms with Crippen molar-refractivity contribution in [2.24, 2.45) is 0 Å². The Balaban J connectivity index is 3.25. The first kappa shape index (κ1) is 13.5. The van der Waals surface area contributed by atoms with Gasteiger partial charge in [-0.05, 0) is 12.5 Å². The minimum Gasteiger partial charge on any atom is -0.300 e. The average Bonchev–Trinajstić information content (AvgIpc) is 2.15. The Kier molecular flexibility index (Phi) is 3.77. The number of pyridine rings is 1. The van der Waals surface area contributed by atoms with Gasteiger partial charge in [-0.1, -0.05) is 19.6 Å². The Hall–Kier alpha value is -1.56. The zero-order chi connectivity index (χ0) is 13.2. The van der Waals surface area contributed by atoms with Gasteiger partial charge in [0.15, 0.2) is 0 Å². The van der Waals surface area contributed by atoms with Crippen LogP contribution < -0.4 is 0 Å². The second-order valence-electron chi connectivity index (χ2n) is 5.14. The third-order valence-electron chi connectivity index (χ3n) is 2.56. The molecule has 1 aromatic rings. The number of Topliss-reactive ketones (excluding diaryl/α,β-unsaturated/α-hetero) is 1. The van der Waals surface area contributed by atoms with Gasteiger partial charge in [-0.25, -0.2) is 0 Å². The molecule has 1 rings (SSSR count). The van der Waals surface area contributed by atoms with E-state index in [9.17, 15) is 14.9 Å². The average molecular weight is 252 g/mol. The highest BCUT2D eigenvalue weighted by Crippen LogP contribution is 2.29. The molecule has 0 fully saturated rings. The number of nitro groups is 1. The van der Waals surface area contributed by atoms with Crippen LogP contribution >= 0.6 is 0 Å². The van der Waals surface area contributed by atoms with Crippen LogP contribution in [0, 0.1) is 10.1 Å². The van der Waals surface area contributed by atoms with E-state index in [1.54, 1.807) is 6.20 Å². The van der Waals surface area contributed by atoms with Crippen molar-refractivity contribution in [1.29, 1.82) is 0 Å². The number of nitrogens with zero attached hydrogens (tertiary/aromatic N) is 2. The Labute approximate surface area is 101 Å².